The zero-order valence-electron chi connectivity index (χ0n) is 12.8. The van der Waals surface area contributed by atoms with E-state index >= 15 is 0 Å². The van der Waals surface area contributed by atoms with E-state index in [-0.39, 0.29) is 5.69 Å². The summed E-state index contributed by atoms with van der Waals surface area (Å²) < 4.78 is 26.3. The predicted octanol–water partition coefficient (Wildman–Crippen LogP) is 2.38. The first kappa shape index (κ1) is 17.5. The van der Waals surface area contributed by atoms with Crippen LogP contribution in [0.3, 0.4) is 0 Å². The Morgan fingerprint density at radius 2 is 2.05 bits per heavy atom. The van der Waals surface area contributed by atoms with Crippen LogP contribution in [0.25, 0.3) is 0 Å². The Labute approximate surface area is 123 Å². The summed E-state index contributed by atoms with van der Waals surface area (Å²) in [5.41, 5.74) is -1.00. The van der Waals surface area contributed by atoms with E-state index < -0.39 is 29.2 Å². The van der Waals surface area contributed by atoms with Gasteiger partial charge in [-0.25, -0.2) is 8.78 Å². The first-order valence-electron chi connectivity index (χ1n) is 6.86. The van der Waals surface area contributed by atoms with Crippen LogP contribution in [0.2, 0.25) is 0 Å². The van der Waals surface area contributed by atoms with Crippen molar-refractivity contribution in [3.63, 3.8) is 0 Å². The van der Waals surface area contributed by atoms with Crippen LogP contribution in [0.5, 0.6) is 0 Å². The second-order valence-corrected chi connectivity index (χ2v) is 5.66. The molecule has 0 bridgehead atoms. The third kappa shape index (κ3) is 5.40. The minimum absolute atomic E-state index is 0.0624. The lowest BCUT2D eigenvalue weighted by Crippen LogP contribution is -2.48. The lowest BCUT2D eigenvalue weighted by Gasteiger charge is -2.32. The molecule has 0 aliphatic rings. The maximum Gasteiger partial charge on any atom is 0.241 e. The van der Waals surface area contributed by atoms with E-state index in [0.717, 1.165) is 6.07 Å². The van der Waals surface area contributed by atoms with Gasteiger partial charge in [0.15, 0.2) is 0 Å². The average molecular weight is 300 g/mol. The highest BCUT2D eigenvalue weighted by Gasteiger charge is 2.26. The Bertz CT molecular complexity index is 501. The number of halogens is 2. The number of likely N-dealkylation sites (N-methyl/N-ethyl adjacent to an activating group) is 1. The summed E-state index contributed by atoms with van der Waals surface area (Å²) in [6.07, 6.45) is 0. The molecule has 0 aliphatic carbocycles. The van der Waals surface area contributed by atoms with Crippen molar-refractivity contribution in [1.82, 2.24) is 4.90 Å². The fourth-order valence-corrected chi connectivity index (χ4v) is 2.01. The van der Waals surface area contributed by atoms with Gasteiger partial charge < -0.3 is 10.4 Å². The first-order valence-corrected chi connectivity index (χ1v) is 6.86. The van der Waals surface area contributed by atoms with Crippen molar-refractivity contribution in [2.24, 2.45) is 0 Å². The average Bonchev–Trinajstić information content (AvgIpc) is 2.37. The van der Waals surface area contributed by atoms with E-state index in [9.17, 15) is 18.7 Å². The first-order chi connectivity index (χ1) is 9.64. The van der Waals surface area contributed by atoms with Crippen molar-refractivity contribution in [3.8, 4) is 0 Å². The third-order valence-electron chi connectivity index (χ3n) is 3.11. The monoisotopic (exact) mass is 300 g/mol. The normalized spacial score (nSPS) is 13.3. The zero-order chi connectivity index (χ0) is 16.2. The van der Waals surface area contributed by atoms with Crippen molar-refractivity contribution < 1.29 is 18.7 Å². The van der Waals surface area contributed by atoms with E-state index in [2.05, 4.69) is 5.32 Å². The van der Waals surface area contributed by atoms with Gasteiger partial charge in [0.1, 0.15) is 11.6 Å². The number of benzene rings is 1. The van der Waals surface area contributed by atoms with Crippen LogP contribution in [0.1, 0.15) is 27.7 Å². The molecule has 1 rings (SSSR count). The number of nitrogens with one attached hydrogen (secondary N) is 1. The van der Waals surface area contributed by atoms with E-state index in [1.807, 2.05) is 6.92 Å². The van der Waals surface area contributed by atoms with Gasteiger partial charge in [-0.2, -0.15) is 0 Å². The van der Waals surface area contributed by atoms with Gasteiger partial charge in [0.05, 0.1) is 17.3 Å². The summed E-state index contributed by atoms with van der Waals surface area (Å²) in [7, 11) is 0. The van der Waals surface area contributed by atoms with Gasteiger partial charge in [-0.3, -0.25) is 9.69 Å². The van der Waals surface area contributed by atoms with E-state index in [4.69, 9.17) is 0 Å². The summed E-state index contributed by atoms with van der Waals surface area (Å²) in [5.74, 6) is -1.93. The number of carbonyl (C=O) groups excluding carboxylic acids is 1. The van der Waals surface area contributed by atoms with Crippen LogP contribution in [0, 0.1) is 11.6 Å². The highest BCUT2D eigenvalue weighted by Crippen LogP contribution is 2.16. The largest absolute Gasteiger partial charge is 0.389 e. The minimum atomic E-state index is -0.939. The summed E-state index contributed by atoms with van der Waals surface area (Å²) in [6.45, 7) is 7.72. The second kappa shape index (κ2) is 6.95. The van der Waals surface area contributed by atoms with Crippen LogP contribution < -0.4 is 5.32 Å². The number of aliphatic hydroxyl groups is 1. The Morgan fingerprint density at radius 3 is 2.52 bits per heavy atom. The van der Waals surface area contributed by atoms with Crippen molar-refractivity contribution in [1.29, 1.82) is 0 Å². The highest BCUT2D eigenvalue weighted by molar-refractivity contribution is 5.94. The molecule has 0 radical (unpaired) electrons. The molecule has 0 saturated heterocycles. The topological polar surface area (TPSA) is 52.6 Å². The van der Waals surface area contributed by atoms with Crippen LogP contribution in [-0.4, -0.2) is 40.6 Å². The molecule has 118 valence electrons. The summed E-state index contributed by atoms with van der Waals surface area (Å²) >= 11 is 0. The molecule has 0 spiro atoms. The van der Waals surface area contributed by atoms with E-state index in [1.54, 1.807) is 25.7 Å². The molecule has 2 N–H and O–H groups in total. The van der Waals surface area contributed by atoms with Gasteiger partial charge >= 0.3 is 0 Å². The lowest BCUT2D eigenvalue weighted by molar-refractivity contribution is -0.121. The number of carbonyl (C=O) groups is 1. The smallest absolute Gasteiger partial charge is 0.241 e. The molecular weight excluding hydrogens is 278 g/mol. The van der Waals surface area contributed by atoms with E-state index in [1.165, 1.54) is 6.07 Å². The highest BCUT2D eigenvalue weighted by atomic mass is 19.1. The van der Waals surface area contributed by atoms with Crippen LogP contribution in [0.15, 0.2) is 18.2 Å². The third-order valence-corrected chi connectivity index (χ3v) is 3.11. The molecular formula is C15H22F2N2O2. The molecule has 1 amide bonds. The molecule has 1 unspecified atom stereocenters. The molecule has 0 aromatic heterocycles. The van der Waals surface area contributed by atoms with Gasteiger partial charge in [-0.15, -0.1) is 0 Å². The van der Waals surface area contributed by atoms with Gasteiger partial charge in [0, 0.05) is 12.6 Å². The molecule has 0 aliphatic heterocycles. The number of nitrogens with zero attached hydrogens (tertiary/aromatic N) is 1. The lowest BCUT2D eigenvalue weighted by atomic mass is 10.1. The van der Waals surface area contributed by atoms with Crippen molar-refractivity contribution in [2.75, 3.05) is 18.4 Å². The molecule has 4 nitrogen and oxygen atoms in total. The number of rotatable bonds is 6. The van der Waals surface area contributed by atoms with Gasteiger partial charge in [-0.05, 0) is 39.4 Å². The number of hydrogen-bond acceptors (Lipinski definition) is 3. The van der Waals surface area contributed by atoms with Crippen LogP contribution >= 0.6 is 0 Å². The molecule has 1 aromatic rings. The number of amides is 1. The summed E-state index contributed by atoms with van der Waals surface area (Å²) in [6, 6.07) is 2.43. The molecule has 1 aromatic carbocycles. The van der Waals surface area contributed by atoms with Crippen molar-refractivity contribution >= 4 is 11.6 Å². The molecule has 1 atom stereocenters. The minimum Gasteiger partial charge on any atom is -0.389 e. The summed E-state index contributed by atoms with van der Waals surface area (Å²) in [5, 5.41) is 12.3. The fourth-order valence-electron chi connectivity index (χ4n) is 2.01. The van der Waals surface area contributed by atoms with Gasteiger partial charge in [-0.1, -0.05) is 6.92 Å². The Kier molecular flexibility index (Phi) is 5.80. The Hall–Kier alpha value is -1.53. The van der Waals surface area contributed by atoms with Crippen molar-refractivity contribution in [2.45, 2.75) is 39.3 Å². The van der Waals surface area contributed by atoms with Crippen LogP contribution in [0.4, 0.5) is 14.5 Å². The molecule has 0 saturated carbocycles. The summed E-state index contributed by atoms with van der Waals surface area (Å²) in [4.78, 5) is 13.9. The molecule has 0 heterocycles. The quantitative estimate of drug-likeness (QED) is 0.848. The van der Waals surface area contributed by atoms with E-state index in [0.29, 0.717) is 19.2 Å². The number of anilines is 1. The fraction of sp³-hybridized carbons (Fsp3) is 0.533. The Balaban J connectivity index is 2.77. The second-order valence-electron chi connectivity index (χ2n) is 5.66. The molecule has 21 heavy (non-hydrogen) atoms. The SMILES string of the molecule is CCN(CC(C)(C)O)C(C)C(=O)Nc1ccc(F)cc1F. The molecule has 0 fully saturated rings. The number of hydrogen-bond donors (Lipinski definition) is 2. The molecule has 6 heteroatoms. The van der Waals surface area contributed by atoms with Crippen molar-refractivity contribution in [3.05, 3.63) is 29.8 Å². The Morgan fingerprint density at radius 1 is 1.43 bits per heavy atom. The standard InChI is InChI=1S/C15H22F2N2O2/c1-5-19(9-15(3,4)21)10(2)14(20)18-13-7-6-11(16)8-12(13)17/h6-8,10,21H,5,9H2,1-4H3,(H,18,20). The maximum absolute atomic E-state index is 13.5. The van der Waals surface area contributed by atoms with Gasteiger partial charge in [0.2, 0.25) is 5.91 Å². The van der Waals surface area contributed by atoms with Crippen LogP contribution in [-0.2, 0) is 4.79 Å². The zero-order valence-corrected chi connectivity index (χ0v) is 12.8. The predicted molar refractivity (Wildman–Crippen MR) is 78.0 cm³/mol. The maximum atomic E-state index is 13.5. The van der Waals surface area contributed by atoms with Gasteiger partial charge in [0.25, 0.3) is 0 Å².